The van der Waals surface area contributed by atoms with Crippen molar-refractivity contribution in [3.8, 4) is 0 Å². The van der Waals surface area contributed by atoms with Gasteiger partial charge in [-0.3, -0.25) is 10.4 Å². The van der Waals surface area contributed by atoms with Gasteiger partial charge in [-0.1, -0.05) is 0 Å². The van der Waals surface area contributed by atoms with Gasteiger partial charge in [0.15, 0.2) is 6.17 Å². The molecule has 0 saturated heterocycles. The minimum atomic E-state index is 0.154. The number of hydrogen-bond acceptors (Lipinski definition) is 3. The van der Waals surface area contributed by atoms with Gasteiger partial charge in [-0.15, -0.1) is 0 Å². The fourth-order valence-corrected chi connectivity index (χ4v) is 1.31. The van der Waals surface area contributed by atoms with Crippen molar-refractivity contribution in [2.45, 2.75) is 6.17 Å². The second-order valence-electron chi connectivity index (χ2n) is 2.10. The molecular weight excluding hydrogens is 194 g/mol. The fraction of sp³-hybridized carbons (Fsp3) is 0.167. The minimum absolute atomic E-state index is 0.154. The van der Waals surface area contributed by atoms with Gasteiger partial charge in [0.25, 0.3) is 0 Å². The number of nitrogens with zero attached hydrogens (tertiary/aromatic N) is 2. The summed E-state index contributed by atoms with van der Waals surface area (Å²) in [6.45, 7) is 0. The van der Waals surface area contributed by atoms with Crippen LogP contribution in [0.4, 0.5) is 0 Å². The van der Waals surface area contributed by atoms with E-state index >= 15 is 0 Å². The Morgan fingerprint density at radius 1 is 1.70 bits per heavy atom. The van der Waals surface area contributed by atoms with Crippen molar-refractivity contribution in [2.75, 3.05) is 0 Å². The molecule has 4 heteroatoms. The van der Waals surface area contributed by atoms with Crippen molar-refractivity contribution in [3.05, 3.63) is 22.8 Å². The number of halogens is 1. The largest absolute Gasteiger partial charge is 0.286 e. The van der Waals surface area contributed by atoms with Crippen LogP contribution in [-0.4, -0.2) is 17.5 Å². The summed E-state index contributed by atoms with van der Waals surface area (Å²) in [6.07, 6.45) is 7.81. The van der Waals surface area contributed by atoms with Gasteiger partial charge in [-0.2, -0.15) is 0 Å². The van der Waals surface area contributed by atoms with E-state index in [0.717, 1.165) is 4.48 Å². The Morgan fingerprint density at radius 3 is 3.50 bits per heavy atom. The van der Waals surface area contributed by atoms with Gasteiger partial charge in [0.1, 0.15) is 6.34 Å². The Balaban J connectivity index is 2.25. The van der Waals surface area contributed by atoms with Gasteiger partial charge in [-0.05, 0) is 28.1 Å². The normalized spacial score (nSPS) is 27.9. The van der Waals surface area contributed by atoms with Gasteiger partial charge in [0.05, 0.1) is 0 Å². The molecule has 2 aliphatic rings. The van der Waals surface area contributed by atoms with Gasteiger partial charge >= 0.3 is 0 Å². The van der Waals surface area contributed by atoms with Crippen molar-refractivity contribution in [3.63, 3.8) is 0 Å². The predicted molar refractivity (Wildman–Crippen MR) is 43.4 cm³/mol. The summed E-state index contributed by atoms with van der Waals surface area (Å²) in [4.78, 5) is 4.13. The van der Waals surface area contributed by atoms with Crippen LogP contribution in [0.5, 0.6) is 0 Å². The Bertz CT molecular complexity index is 231. The summed E-state index contributed by atoms with van der Waals surface area (Å²) in [5.74, 6) is 0. The Morgan fingerprint density at radius 2 is 2.60 bits per heavy atom. The van der Waals surface area contributed by atoms with Crippen molar-refractivity contribution in [1.29, 1.82) is 0 Å². The highest BCUT2D eigenvalue weighted by atomic mass is 79.9. The highest BCUT2D eigenvalue weighted by Crippen LogP contribution is 2.18. The van der Waals surface area contributed by atoms with Crippen molar-refractivity contribution >= 4 is 22.3 Å². The molecule has 52 valence electrons. The number of allylic oxidation sites excluding steroid dienone is 2. The van der Waals surface area contributed by atoms with Crippen LogP contribution in [0.1, 0.15) is 0 Å². The van der Waals surface area contributed by atoms with Gasteiger partial charge in [0.2, 0.25) is 0 Å². The second-order valence-corrected chi connectivity index (χ2v) is 3.02. The number of rotatable bonds is 0. The topological polar surface area (TPSA) is 27.6 Å². The van der Waals surface area contributed by atoms with E-state index in [-0.39, 0.29) is 6.17 Å². The average molecular weight is 200 g/mol. The molecule has 0 spiro atoms. The van der Waals surface area contributed by atoms with Crippen LogP contribution < -0.4 is 5.43 Å². The molecule has 2 heterocycles. The van der Waals surface area contributed by atoms with E-state index in [9.17, 15) is 0 Å². The maximum absolute atomic E-state index is 4.13. The average Bonchev–Trinajstić information content (AvgIpc) is 2.33. The fourth-order valence-electron chi connectivity index (χ4n) is 0.934. The first-order valence-corrected chi connectivity index (χ1v) is 3.77. The number of hydrogen-bond donors (Lipinski definition) is 1. The molecule has 1 N–H and O–H groups in total. The van der Waals surface area contributed by atoms with E-state index in [1.54, 1.807) is 6.34 Å². The van der Waals surface area contributed by atoms with E-state index in [2.05, 4.69) is 26.3 Å². The van der Waals surface area contributed by atoms with Gasteiger partial charge in [0, 0.05) is 10.7 Å². The third kappa shape index (κ3) is 0.844. The lowest BCUT2D eigenvalue weighted by Gasteiger charge is -2.21. The lowest BCUT2D eigenvalue weighted by atomic mass is 10.3. The summed E-state index contributed by atoms with van der Waals surface area (Å²) in [5.41, 5.74) is 2.97. The smallest absolute Gasteiger partial charge is 0.160 e. The third-order valence-electron chi connectivity index (χ3n) is 1.41. The van der Waals surface area contributed by atoms with E-state index in [1.807, 2.05) is 23.4 Å². The standard InChI is InChI=1S/C6H6BrN3/c7-5-1-2-6-8-4-9-10(6)3-5/h1-4,6H,(H,8,9). The van der Waals surface area contributed by atoms with Crippen molar-refractivity contribution < 1.29 is 0 Å². The minimum Gasteiger partial charge on any atom is -0.286 e. The van der Waals surface area contributed by atoms with Crippen LogP contribution in [-0.2, 0) is 0 Å². The van der Waals surface area contributed by atoms with E-state index < -0.39 is 0 Å². The molecule has 0 fully saturated rings. The van der Waals surface area contributed by atoms with Gasteiger partial charge < -0.3 is 0 Å². The monoisotopic (exact) mass is 199 g/mol. The van der Waals surface area contributed by atoms with Crippen molar-refractivity contribution in [1.82, 2.24) is 10.4 Å². The molecule has 2 aliphatic heterocycles. The first-order chi connectivity index (χ1) is 4.86. The zero-order chi connectivity index (χ0) is 6.97. The molecule has 0 aromatic heterocycles. The number of aliphatic imine (C=N–C) groups is 1. The predicted octanol–water partition coefficient (Wildman–Crippen LogP) is 0.967. The van der Waals surface area contributed by atoms with Crippen molar-refractivity contribution in [2.24, 2.45) is 4.99 Å². The molecule has 0 saturated carbocycles. The first-order valence-electron chi connectivity index (χ1n) is 2.98. The van der Waals surface area contributed by atoms with Crippen LogP contribution in [0.2, 0.25) is 0 Å². The number of fused-ring (bicyclic) bond motifs is 1. The van der Waals surface area contributed by atoms with Gasteiger partial charge in [-0.25, -0.2) is 4.99 Å². The zero-order valence-electron chi connectivity index (χ0n) is 5.16. The molecule has 0 aliphatic carbocycles. The second kappa shape index (κ2) is 2.12. The highest BCUT2D eigenvalue weighted by molar-refractivity contribution is 9.11. The molecule has 0 radical (unpaired) electrons. The molecule has 0 aromatic carbocycles. The van der Waals surface area contributed by atoms with Crippen LogP contribution in [0.15, 0.2) is 27.8 Å². The molecule has 10 heavy (non-hydrogen) atoms. The summed E-state index contributed by atoms with van der Waals surface area (Å²) < 4.78 is 1.06. The maximum Gasteiger partial charge on any atom is 0.160 e. The number of hydrazine groups is 1. The first kappa shape index (κ1) is 5.97. The summed E-state index contributed by atoms with van der Waals surface area (Å²) in [6, 6.07) is 0. The van der Waals surface area contributed by atoms with E-state index in [0.29, 0.717) is 0 Å². The Kier molecular flexibility index (Phi) is 1.27. The molecule has 1 unspecified atom stereocenters. The Labute approximate surface area is 67.2 Å². The third-order valence-corrected chi connectivity index (χ3v) is 1.88. The molecule has 3 nitrogen and oxygen atoms in total. The lowest BCUT2D eigenvalue weighted by Crippen LogP contribution is -2.33. The quantitative estimate of drug-likeness (QED) is 0.630. The summed E-state index contributed by atoms with van der Waals surface area (Å²) >= 11 is 3.36. The molecular formula is C6H6BrN3. The van der Waals surface area contributed by atoms with E-state index in [1.165, 1.54) is 0 Å². The Hall–Kier alpha value is -0.770. The maximum atomic E-state index is 4.13. The summed E-state index contributed by atoms with van der Waals surface area (Å²) in [5, 5.41) is 1.92. The summed E-state index contributed by atoms with van der Waals surface area (Å²) in [7, 11) is 0. The molecule has 2 rings (SSSR count). The molecule has 1 atom stereocenters. The van der Waals surface area contributed by atoms with Crippen LogP contribution in [0.25, 0.3) is 0 Å². The highest BCUT2D eigenvalue weighted by Gasteiger charge is 2.17. The van der Waals surface area contributed by atoms with Crippen LogP contribution >= 0.6 is 15.9 Å². The molecule has 0 aromatic rings. The lowest BCUT2D eigenvalue weighted by molar-refractivity contribution is 0.315. The number of nitrogens with one attached hydrogen (secondary N) is 1. The van der Waals surface area contributed by atoms with E-state index in [4.69, 9.17) is 0 Å². The van der Waals surface area contributed by atoms with Crippen LogP contribution in [0.3, 0.4) is 0 Å². The zero-order valence-corrected chi connectivity index (χ0v) is 6.75. The molecule has 0 bridgehead atoms. The van der Waals surface area contributed by atoms with Crippen LogP contribution in [0, 0.1) is 0 Å². The molecule has 0 amide bonds. The SMILES string of the molecule is BrC1=CN2NC=NC2C=C1.